The summed E-state index contributed by atoms with van der Waals surface area (Å²) in [5.41, 5.74) is 0. The van der Waals surface area contributed by atoms with Crippen LogP contribution in [0.25, 0.3) is 0 Å². The van der Waals surface area contributed by atoms with Crippen LogP contribution in [0.4, 0.5) is 0 Å². The van der Waals surface area contributed by atoms with Crippen LogP contribution in [0.15, 0.2) is 4.91 Å². The lowest BCUT2D eigenvalue weighted by Gasteiger charge is -1.80. The molecule has 0 spiro atoms. The number of rotatable bonds is 0. The maximum Gasteiger partial charge on any atom is 0.108 e. The highest BCUT2D eigenvalue weighted by atomic mass is 32.2. The molecule has 0 amide bonds. The number of nitrogens with one attached hydrogen (secondary N) is 1. The van der Waals surface area contributed by atoms with E-state index in [0.717, 1.165) is 0 Å². The van der Waals surface area contributed by atoms with E-state index in [1.54, 1.807) is 0 Å². The van der Waals surface area contributed by atoms with E-state index in [9.17, 15) is 0 Å². The van der Waals surface area contributed by atoms with Crippen LogP contribution in [0, 0.1) is 17.4 Å². The van der Waals surface area contributed by atoms with Gasteiger partial charge >= 0.3 is 0 Å². The molecule has 7 heavy (non-hydrogen) atoms. The summed E-state index contributed by atoms with van der Waals surface area (Å²) in [4.78, 5) is 0.653. The van der Waals surface area contributed by atoms with Gasteiger partial charge in [-0.25, -0.2) is 0 Å². The number of nitriles is 1. The molecule has 0 bridgehead atoms. The van der Waals surface area contributed by atoms with Gasteiger partial charge in [0.2, 0.25) is 0 Å². The fourth-order valence-corrected chi connectivity index (χ4v) is 0.802. The van der Waals surface area contributed by atoms with Gasteiger partial charge in [0.05, 0.1) is 0 Å². The van der Waals surface area contributed by atoms with Crippen LogP contribution in [0.1, 0.15) is 0 Å². The van der Waals surface area contributed by atoms with E-state index in [1.165, 1.54) is 11.9 Å². The molecule has 3 heteroatoms. The Labute approximate surface area is 46.3 Å². The van der Waals surface area contributed by atoms with Crippen molar-refractivity contribution in [1.82, 2.24) is 4.72 Å². The smallest absolute Gasteiger partial charge is 0.108 e. The van der Waals surface area contributed by atoms with Crippen LogP contribution in [0.2, 0.25) is 0 Å². The maximum absolute atomic E-state index is 8.16. The van der Waals surface area contributed by atoms with Gasteiger partial charge in [0, 0.05) is 6.54 Å². The Hall–Kier alpha value is -0.460. The van der Waals surface area contributed by atoms with Crippen molar-refractivity contribution in [2.75, 3.05) is 6.54 Å². The molecule has 1 aliphatic rings. The minimum atomic E-state index is 0.653. The van der Waals surface area contributed by atoms with E-state index in [4.69, 9.17) is 5.26 Å². The van der Waals surface area contributed by atoms with Crippen LogP contribution >= 0.6 is 11.9 Å². The zero-order valence-corrected chi connectivity index (χ0v) is 4.38. The molecule has 0 saturated carbocycles. The van der Waals surface area contributed by atoms with Crippen molar-refractivity contribution in [3.8, 4) is 6.07 Å². The van der Waals surface area contributed by atoms with E-state index in [-0.39, 0.29) is 0 Å². The van der Waals surface area contributed by atoms with Crippen LogP contribution in [0.3, 0.4) is 0 Å². The van der Waals surface area contributed by atoms with Crippen molar-refractivity contribution >= 4 is 11.9 Å². The summed E-state index contributed by atoms with van der Waals surface area (Å²) in [6.07, 6.45) is 2.81. The average Bonchev–Trinajstić information content (AvgIpc) is 2.14. The topological polar surface area (TPSA) is 35.8 Å². The average molecular weight is 111 g/mol. The third kappa shape index (κ3) is 0.952. The second kappa shape index (κ2) is 2.01. The first-order chi connectivity index (χ1) is 3.43. The molecule has 0 saturated heterocycles. The van der Waals surface area contributed by atoms with Crippen molar-refractivity contribution in [2.45, 2.75) is 0 Å². The highest BCUT2D eigenvalue weighted by molar-refractivity contribution is 8.01. The highest BCUT2D eigenvalue weighted by Crippen LogP contribution is 2.12. The first-order valence-electron chi connectivity index (χ1n) is 1.84. The van der Waals surface area contributed by atoms with Gasteiger partial charge in [0.15, 0.2) is 0 Å². The zero-order chi connectivity index (χ0) is 5.11. The highest BCUT2D eigenvalue weighted by Gasteiger charge is 2.00. The van der Waals surface area contributed by atoms with Gasteiger partial charge in [0.25, 0.3) is 0 Å². The van der Waals surface area contributed by atoms with E-state index in [2.05, 4.69) is 10.8 Å². The normalized spacial score (nSPS) is 18.4. The molecule has 0 unspecified atom stereocenters. The lowest BCUT2D eigenvalue weighted by Crippen LogP contribution is -1.93. The van der Waals surface area contributed by atoms with Gasteiger partial charge in [-0.1, -0.05) is 0 Å². The Morgan fingerprint density at radius 2 is 2.86 bits per heavy atom. The Morgan fingerprint density at radius 3 is 3.14 bits per heavy atom. The van der Waals surface area contributed by atoms with Crippen molar-refractivity contribution < 1.29 is 0 Å². The molecule has 0 atom stereocenters. The van der Waals surface area contributed by atoms with E-state index in [1.807, 2.05) is 6.07 Å². The number of allylic oxidation sites excluding steroid dienone is 1. The van der Waals surface area contributed by atoms with E-state index >= 15 is 0 Å². The molecule has 0 fully saturated rings. The Morgan fingerprint density at radius 1 is 2.00 bits per heavy atom. The predicted octanol–water partition coefficient (Wildman–Crippen LogP) is 0.448. The molecule has 0 aromatic heterocycles. The second-order valence-electron chi connectivity index (χ2n) is 1.04. The molecule has 1 heterocycles. The molecule has 0 aromatic rings. The first-order valence-corrected chi connectivity index (χ1v) is 2.66. The summed E-state index contributed by atoms with van der Waals surface area (Å²) in [5, 5.41) is 8.16. The van der Waals surface area contributed by atoms with Crippen molar-refractivity contribution in [2.24, 2.45) is 0 Å². The molecule has 1 aliphatic heterocycles. The van der Waals surface area contributed by atoms with Crippen molar-refractivity contribution in [3.63, 3.8) is 0 Å². The first kappa shape index (κ1) is 4.69. The molecule has 35 valence electrons. The van der Waals surface area contributed by atoms with Crippen LogP contribution < -0.4 is 4.72 Å². The fraction of sp³-hybridized carbons (Fsp3) is 0.250. The minimum absolute atomic E-state index is 0.653. The third-order valence-electron chi connectivity index (χ3n) is 0.597. The largest absolute Gasteiger partial charge is 0.255 e. The molecular formula is C4H3N2S. The molecule has 1 radical (unpaired) electrons. The predicted molar refractivity (Wildman–Crippen MR) is 28.0 cm³/mol. The van der Waals surface area contributed by atoms with Crippen LogP contribution in [-0.4, -0.2) is 6.54 Å². The molecular weight excluding hydrogens is 108 g/mol. The van der Waals surface area contributed by atoms with Gasteiger partial charge in [0.1, 0.15) is 11.0 Å². The summed E-state index contributed by atoms with van der Waals surface area (Å²) >= 11 is 1.34. The molecule has 0 aromatic carbocycles. The zero-order valence-electron chi connectivity index (χ0n) is 3.56. The minimum Gasteiger partial charge on any atom is -0.255 e. The monoisotopic (exact) mass is 111 g/mol. The number of nitrogens with zero attached hydrogens (tertiary/aromatic N) is 1. The summed E-state index contributed by atoms with van der Waals surface area (Å²) < 4.78 is 2.87. The summed E-state index contributed by atoms with van der Waals surface area (Å²) in [6, 6.07) is 1.97. The summed E-state index contributed by atoms with van der Waals surface area (Å²) in [6.45, 7) is 0.702. The van der Waals surface area contributed by atoms with Gasteiger partial charge < -0.3 is 0 Å². The third-order valence-corrected chi connectivity index (χ3v) is 1.33. The lowest BCUT2D eigenvalue weighted by molar-refractivity contribution is 1.13. The quantitative estimate of drug-likeness (QED) is 0.461. The van der Waals surface area contributed by atoms with Crippen molar-refractivity contribution in [3.05, 3.63) is 11.0 Å². The molecule has 0 aliphatic carbocycles. The molecule has 1 N–H and O–H groups in total. The Bertz CT molecular complexity index is 133. The molecule has 1 rings (SSSR count). The van der Waals surface area contributed by atoms with Gasteiger partial charge in [-0.05, 0) is 18.0 Å². The Kier molecular flexibility index (Phi) is 1.35. The SMILES string of the molecule is N#CC1=[C]CNS1. The molecule has 2 nitrogen and oxygen atoms in total. The number of hydrogen-bond acceptors (Lipinski definition) is 3. The van der Waals surface area contributed by atoms with Crippen LogP contribution in [-0.2, 0) is 0 Å². The lowest BCUT2D eigenvalue weighted by atomic mass is 10.5. The fourth-order valence-electron chi connectivity index (χ4n) is 0.323. The standard InChI is InChI=1S/C4H3N2S/c5-3-4-1-2-6-7-4/h6H,2H2. The van der Waals surface area contributed by atoms with Gasteiger partial charge in [-0.15, -0.1) is 0 Å². The maximum atomic E-state index is 8.16. The van der Waals surface area contributed by atoms with E-state index < -0.39 is 0 Å². The second-order valence-corrected chi connectivity index (χ2v) is 1.94. The Balaban J connectivity index is 2.57. The van der Waals surface area contributed by atoms with Crippen molar-refractivity contribution in [1.29, 1.82) is 5.26 Å². The summed E-state index contributed by atoms with van der Waals surface area (Å²) in [7, 11) is 0. The van der Waals surface area contributed by atoms with Gasteiger partial charge in [-0.2, -0.15) is 5.26 Å². The van der Waals surface area contributed by atoms with Crippen LogP contribution in [0.5, 0.6) is 0 Å². The summed E-state index contributed by atoms with van der Waals surface area (Å²) in [5.74, 6) is 0. The number of hydrogen-bond donors (Lipinski definition) is 1. The van der Waals surface area contributed by atoms with Gasteiger partial charge in [-0.3, -0.25) is 4.72 Å². The van der Waals surface area contributed by atoms with E-state index in [0.29, 0.717) is 11.4 Å².